The van der Waals surface area contributed by atoms with Gasteiger partial charge in [-0.15, -0.1) is 0 Å². The van der Waals surface area contributed by atoms with E-state index in [0.717, 1.165) is 12.1 Å². The van der Waals surface area contributed by atoms with Crippen molar-refractivity contribution in [2.24, 2.45) is 0 Å². The summed E-state index contributed by atoms with van der Waals surface area (Å²) in [7, 11) is 0. The first-order valence-corrected chi connectivity index (χ1v) is 7.38. The van der Waals surface area contributed by atoms with Gasteiger partial charge in [0.25, 0.3) is 5.91 Å². The number of carbonyl (C=O) groups is 2. The number of hydrogen-bond donors (Lipinski definition) is 1. The molecule has 1 aromatic rings. The van der Waals surface area contributed by atoms with E-state index in [1.54, 1.807) is 15.9 Å². The fraction of sp³-hybridized carbons (Fsp3) is 0.312. The van der Waals surface area contributed by atoms with Gasteiger partial charge in [-0.05, 0) is 12.1 Å². The zero-order valence-corrected chi connectivity index (χ0v) is 13.1. The molecule has 2 rings (SSSR count). The Kier molecular flexibility index (Phi) is 5.64. The molecule has 2 amide bonds. The number of rotatable bonds is 4. The first-order chi connectivity index (χ1) is 11.8. The largest absolute Gasteiger partial charge is 0.418 e. The average molecular weight is 352 g/mol. The third-order valence-corrected chi connectivity index (χ3v) is 3.66. The SMILES string of the molecule is N#C/C(=C/N1CCN(C=O)CC1)C(=O)Nc1ccccc1C(F)(F)F. The molecular weight excluding hydrogens is 337 g/mol. The molecule has 132 valence electrons. The summed E-state index contributed by atoms with van der Waals surface area (Å²) in [6, 6.07) is 6.25. The number of benzene rings is 1. The summed E-state index contributed by atoms with van der Waals surface area (Å²) in [4.78, 5) is 26.0. The number of anilines is 1. The molecule has 25 heavy (non-hydrogen) atoms. The normalized spacial score (nSPS) is 15.5. The highest BCUT2D eigenvalue weighted by Gasteiger charge is 2.33. The number of para-hydroxylation sites is 1. The van der Waals surface area contributed by atoms with Gasteiger partial charge in [0.15, 0.2) is 0 Å². The van der Waals surface area contributed by atoms with Crippen LogP contribution in [-0.2, 0) is 15.8 Å². The number of hydrogen-bond acceptors (Lipinski definition) is 4. The Morgan fingerprint density at radius 3 is 2.32 bits per heavy atom. The Labute approximate surface area is 142 Å². The van der Waals surface area contributed by atoms with Crippen molar-refractivity contribution in [3.05, 3.63) is 41.6 Å². The Balaban J connectivity index is 2.13. The molecule has 0 atom stereocenters. The second kappa shape index (κ2) is 7.70. The van der Waals surface area contributed by atoms with Gasteiger partial charge in [0.2, 0.25) is 6.41 Å². The summed E-state index contributed by atoms with van der Waals surface area (Å²) in [5, 5.41) is 11.3. The minimum absolute atomic E-state index is 0.309. The summed E-state index contributed by atoms with van der Waals surface area (Å²) in [5.74, 6) is -0.919. The van der Waals surface area contributed by atoms with E-state index in [9.17, 15) is 22.8 Å². The predicted molar refractivity (Wildman–Crippen MR) is 83.0 cm³/mol. The van der Waals surface area contributed by atoms with Gasteiger partial charge in [0.1, 0.15) is 11.6 Å². The molecule has 6 nitrogen and oxygen atoms in total. The maximum Gasteiger partial charge on any atom is 0.418 e. The second-order valence-corrected chi connectivity index (χ2v) is 5.33. The summed E-state index contributed by atoms with van der Waals surface area (Å²) < 4.78 is 38.9. The monoisotopic (exact) mass is 352 g/mol. The van der Waals surface area contributed by atoms with Crippen molar-refractivity contribution in [1.29, 1.82) is 5.26 Å². The highest BCUT2D eigenvalue weighted by molar-refractivity contribution is 6.06. The fourth-order valence-electron chi connectivity index (χ4n) is 2.32. The Hall–Kier alpha value is -3.02. The number of nitrogens with zero attached hydrogens (tertiary/aromatic N) is 3. The molecular formula is C16H15F3N4O2. The molecule has 0 unspecified atom stereocenters. The minimum Gasteiger partial charge on any atom is -0.373 e. The lowest BCUT2D eigenvalue weighted by Gasteiger charge is -2.31. The van der Waals surface area contributed by atoms with Crippen LogP contribution in [0.2, 0.25) is 0 Å². The number of alkyl halides is 3. The molecule has 0 saturated carbocycles. The summed E-state index contributed by atoms with van der Waals surface area (Å²) >= 11 is 0. The van der Waals surface area contributed by atoms with Crippen LogP contribution in [0.1, 0.15) is 5.56 Å². The van der Waals surface area contributed by atoms with Gasteiger partial charge in [-0.2, -0.15) is 18.4 Å². The van der Waals surface area contributed by atoms with E-state index in [0.29, 0.717) is 32.6 Å². The van der Waals surface area contributed by atoms with Gasteiger partial charge < -0.3 is 15.1 Å². The lowest BCUT2D eigenvalue weighted by atomic mass is 10.1. The first-order valence-electron chi connectivity index (χ1n) is 7.38. The van der Waals surface area contributed by atoms with Crippen molar-refractivity contribution in [1.82, 2.24) is 9.80 Å². The van der Waals surface area contributed by atoms with Crippen LogP contribution in [-0.4, -0.2) is 48.3 Å². The van der Waals surface area contributed by atoms with E-state index in [1.807, 2.05) is 0 Å². The van der Waals surface area contributed by atoms with E-state index in [4.69, 9.17) is 5.26 Å². The zero-order chi connectivity index (χ0) is 18.4. The Bertz CT molecular complexity index is 717. The molecule has 1 aliphatic rings. The van der Waals surface area contributed by atoms with Crippen LogP contribution in [0.5, 0.6) is 0 Å². The van der Waals surface area contributed by atoms with E-state index in [2.05, 4.69) is 5.32 Å². The van der Waals surface area contributed by atoms with E-state index in [1.165, 1.54) is 18.3 Å². The molecule has 0 aliphatic carbocycles. The first kappa shape index (κ1) is 18.3. The van der Waals surface area contributed by atoms with Crippen LogP contribution < -0.4 is 5.32 Å². The second-order valence-electron chi connectivity index (χ2n) is 5.33. The lowest BCUT2D eigenvalue weighted by molar-refractivity contribution is -0.137. The fourth-order valence-corrected chi connectivity index (χ4v) is 2.32. The van der Waals surface area contributed by atoms with Crippen molar-refractivity contribution >= 4 is 18.0 Å². The van der Waals surface area contributed by atoms with Crippen molar-refractivity contribution < 1.29 is 22.8 Å². The summed E-state index contributed by atoms with van der Waals surface area (Å²) in [6.07, 6.45) is -2.60. The molecule has 0 bridgehead atoms. The van der Waals surface area contributed by atoms with Crippen LogP contribution in [0.15, 0.2) is 36.0 Å². The Morgan fingerprint density at radius 1 is 1.16 bits per heavy atom. The average Bonchev–Trinajstić information content (AvgIpc) is 2.59. The number of nitriles is 1. The standard InChI is InChI=1S/C16H15F3N4O2/c17-16(18,19)13-3-1-2-4-14(13)21-15(25)12(9-20)10-22-5-7-23(11-24)8-6-22/h1-4,10-11H,5-8H2,(H,21,25)/b12-10-. The number of amides is 2. The number of halogens is 3. The van der Waals surface area contributed by atoms with Gasteiger partial charge in [-0.1, -0.05) is 12.1 Å². The molecule has 0 aromatic heterocycles. The molecule has 1 aromatic carbocycles. The van der Waals surface area contributed by atoms with Gasteiger partial charge in [-0.3, -0.25) is 9.59 Å². The molecule has 9 heteroatoms. The maximum absolute atomic E-state index is 13.0. The van der Waals surface area contributed by atoms with Crippen LogP contribution in [0.3, 0.4) is 0 Å². The third-order valence-electron chi connectivity index (χ3n) is 3.66. The number of nitrogens with one attached hydrogen (secondary N) is 1. The highest BCUT2D eigenvalue weighted by atomic mass is 19.4. The van der Waals surface area contributed by atoms with Crippen LogP contribution >= 0.6 is 0 Å². The van der Waals surface area contributed by atoms with Crippen molar-refractivity contribution in [3.63, 3.8) is 0 Å². The van der Waals surface area contributed by atoms with Crippen LogP contribution in [0.25, 0.3) is 0 Å². The zero-order valence-electron chi connectivity index (χ0n) is 13.1. The van der Waals surface area contributed by atoms with Crippen molar-refractivity contribution in [2.75, 3.05) is 31.5 Å². The number of carbonyl (C=O) groups excluding carboxylic acids is 2. The predicted octanol–water partition coefficient (Wildman–Crippen LogP) is 1.83. The van der Waals surface area contributed by atoms with Crippen molar-refractivity contribution in [3.8, 4) is 6.07 Å². The molecule has 1 fully saturated rings. The molecule has 1 saturated heterocycles. The van der Waals surface area contributed by atoms with E-state index >= 15 is 0 Å². The molecule has 0 spiro atoms. The van der Waals surface area contributed by atoms with E-state index < -0.39 is 23.3 Å². The van der Waals surface area contributed by atoms with Gasteiger partial charge in [0, 0.05) is 32.4 Å². The van der Waals surface area contributed by atoms with Gasteiger partial charge in [0.05, 0.1) is 11.3 Å². The highest BCUT2D eigenvalue weighted by Crippen LogP contribution is 2.34. The molecule has 1 heterocycles. The Morgan fingerprint density at radius 2 is 1.76 bits per heavy atom. The van der Waals surface area contributed by atoms with Gasteiger partial charge in [-0.25, -0.2) is 0 Å². The topological polar surface area (TPSA) is 76.4 Å². The quantitative estimate of drug-likeness (QED) is 0.510. The maximum atomic E-state index is 13.0. The molecule has 1 aliphatic heterocycles. The van der Waals surface area contributed by atoms with E-state index in [-0.39, 0.29) is 5.57 Å². The molecule has 1 N–H and O–H groups in total. The summed E-state index contributed by atoms with van der Waals surface area (Å²) in [6.45, 7) is 1.74. The van der Waals surface area contributed by atoms with Gasteiger partial charge >= 0.3 is 6.18 Å². The third kappa shape index (κ3) is 4.73. The van der Waals surface area contributed by atoms with Crippen LogP contribution in [0.4, 0.5) is 18.9 Å². The molecule has 0 radical (unpaired) electrons. The van der Waals surface area contributed by atoms with Crippen molar-refractivity contribution in [2.45, 2.75) is 6.18 Å². The summed E-state index contributed by atoms with van der Waals surface area (Å²) in [5.41, 5.74) is -1.70. The smallest absolute Gasteiger partial charge is 0.373 e. The van der Waals surface area contributed by atoms with Crippen LogP contribution in [0, 0.1) is 11.3 Å². The lowest BCUT2D eigenvalue weighted by Crippen LogP contribution is -2.43. The minimum atomic E-state index is -4.62. The number of piperazine rings is 1.